The molecule has 17 heavy (non-hydrogen) atoms. The Labute approximate surface area is 119 Å². The summed E-state index contributed by atoms with van der Waals surface area (Å²) in [5, 5.41) is 12.1. The maximum absolute atomic E-state index is 9.07. The number of anilines is 1. The highest BCUT2D eigenvalue weighted by Crippen LogP contribution is 2.13. The van der Waals surface area contributed by atoms with Gasteiger partial charge in [-0.3, -0.25) is 4.99 Å². The Morgan fingerprint density at radius 1 is 1.35 bits per heavy atom. The lowest BCUT2D eigenvalue weighted by Crippen LogP contribution is -2.24. The summed E-state index contributed by atoms with van der Waals surface area (Å²) in [6, 6.07) is 6.09. The Kier molecular flexibility index (Phi) is 7.13. The minimum absolute atomic E-state index is 0. The van der Waals surface area contributed by atoms with Crippen LogP contribution in [0.2, 0.25) is 0 Å². The van der Waals surface area contributed by atoms with E-state index in [-0.39, 0.29) is 24.0 Å². The first kappa shape index (κ1) is 16.2. The van der Waals surface area contributed by atoms with Crippen LogP contribution < -0.4 is 11.1 Å². The predicted molar refractivity (Wildman–Crippen MR) is 83.1 cm³/mol. The molecule has 0 saturated carbocycles. The number of aliphatic imine (C=N–C) groups is 1. The van der Waals surface area contributed by atoms with Gasteiger partial charge in [0.25, 0.3) is 0 Å². The summed E-state index contributed by atoms with van der Waals surface area (Å²) in [7, 11) is 0. The number of rotatable bonds is 3. The number of nitrogens with two attached hydrogens (primary N) is 1. The van der Waals surface area contributed by atoms with Crippen LogP contribution in [-0.4, -0.2) is 23.7 Å². The van der Waals surface area contributed by atoms with Gasteiger partial charge >= 0.3 is 0 Å². The number of hydrogen-bond donors (Lipinski definition) is 3. The number of nitrogens with zero attached hydrogens (tertiary/aromatic N) is 1. The number of aliphatic hydroxyl groups is 1. The van der Waals surface area contributed by atoms with Gasteiger partial charge in [-0.1, -0.05) is 6.07 Å². The summed E-state index contributed by atoms with van der Waals surface area (Å²) in [4.78, 5) is 4.01. The molecule has 0 spiro atoms. The van der Waals surface area contributed by atoms with E-state index in [9.17, 15) is 0 Å². The second-order valence-corrected chi connectivity index (χ2v) is 4.08. The second-order valence-electron chi connectivity index (χ2n) is 4.08. The molecule has 1 aromatic carbocycles. The van der Waals surface area contributed by atoms with E-state index >= 15 is 0 Å². The van der Waals surface area contributed by atoms with Crippen molar-refractivity contribution in [3.05, 3.63) is 29.3 Å². The third-order valence-corrected chi connectivity index (χ3v) is 2.02. The number of halogens is 1. The van der Waals surface area contributed by atoms with Gasteiger partial charge in [0.2, 0.25) is 0 Å². The average Bonchev–Trinajstić information content (AvgIpc) is 2.12. The predicted octanol–water partition coefficient (Wildman–Crippen LogP) is 2.03. The molecule has 0 saturated heterocycles. The minimum atomic E-state index is -0.473. The van der Waals surface area contributed by atoms with Crippen LogP contribution in [0.25, 0.3) is 0 Å². The van der Waals surface area contributed by atoms with Crippen molar-refractivity contribution in [3.63, 3.8) is 0 Å². The van der Waals surface area contributed by atoms with Gasteiger partial charge in [0.15, 0.2) is 5.96 Å². The fourth-order valence-corrected chi connectivity index (χ4v) is 1.46. The molecule has 0 bridgehead atoms. The highest BCUT2D eigenvalue weighted by Gasteiger charge is 1.98. The standard InChI is InChI=1S/C12H19N3O.HI/c1-8-4-9(2)6-11(5-8)15-12(13)14-7-10(3)16;/h4-6,10,16H,7H2,1-3H3,(H3,13,14,15);1H. The van der Waals surface area contributed by atoms with Crippen molar-refractivity contribution in [3.8, 4) is 0 Å². The molecule has 0 fully saturated rings. The normalized spacial score (nSPS) is 12.8. The molecule has 5 heteroatoms. The molecule has 0 amide bonds. The van der Waals surface area contributed by atoms with Gasteiger partial charge in [-0.25, -0.2) is 0 Å². The van der Waals surface area contributed by atoms with E-state index in [1.165, 1.54) is 11.1 Å². The minimum Gasteiger partial charge on any atom is -0.391 e. The first-order valence-corrected chi connectivity index (χ1v) is 5.30. The molecular formula is C12H20IN3O. The molecule has 0 aliphatic rings. The van der Waals surface area contributed by atoms with E-state index < -0.39 is 6.10 Å². The lowest BCUT2D eigenvalue weighted by atomic mass is 10.1. The summed E-state index contributed by atoms with van der Waals surface area (Å²) in [5.74, 6) is 0.325. The molecule has 4 nitrogen and oxygen atoms in total. The fourth-order valence-electron chi connectivity index (χ4n) is 1.46. The molecule has 4 N–H and O–H groups in total. The topological polar surface area (TPSA) is 70.6 Å². The third kappa shape index (κ3) is 6.48. The smallest absolute Gasteiger partial charge is 0.193 e. The molecule has 0 heterocycles. The molecule has 0 radical (unpaired) electrons. The van der Waals surface area contributed by atoms with Crippen molar-refractivity contribution in [2.75, 3.05) is 11.9 Å². The lowest BCUT2D eigenvalue weighted by Gasteiger charge is -2.08. The van der Waals surface area contributed by atoms with Crippen LogP contribution >= 0.6 is 24.0 Å². The Hall–Kier alpha value is -0.820. The van der Waals surface area contributed by atoms with E-state index in [0.29, 0.717) is 12.5 Å². The van der Waals surface area contributed by atoms with Crippen LogP contribution in [0.4, 0.5) is 5.69 Å². The van der Waals surface area contributed by atoms with E-state index in [4.69, 9.17) is 10.8 Å². The average molecular weight is 349 g/mol. The summed E-state index contributed by atoms with van der Waals surface area (Å²) in [6.45, 7) is 6.04. The number of nitrogens with one attached hydrogen (secondary N) is 1. The van der Waals surface area contributed by atoms with Gasteiger partial charge in [0.1, 0.15) is 0 Å². The van der Waals surface area contributed by atoms with Gasteiger partial charge in [-0.15, -0.1) is 24.0 Å². The van der Waals surface area contributed by atoms with E-state index in [0.717, 1.165) is 5.69 Å². The van der Waals surface area contributed by atoms with Crippen LogP contribution in [-0.2, 0) is 0 Å². The zero-order valence-corrected chi connectivity index (χ0v) is 12.7. The van der Waals surface area contributed by atoms with E-state index in [2.05, 4.69) is 16.4 Å². The molecule has 0 aliphatic heterocycles. The van der Waals surface area contributed by atoms with Gasteiger partial charge in [0, 0.05) is 5.69 Å². The van der Waals surface area contributed by atoms with Crippen molar-refractivity contribution in [2.45, 2.75) is 26.9 Å². The van der Waals surface area contributed by atoms with Gasteiger partial charge in [-0.2, -0.15) is 0 Å². The Morgan fingerprint density at radius 2 is 1.88 bits per heavy atom. The van der Waals surface area contributed by atoms with E-state index in [1.54, 1.807) is 6.92 Å². The first-order valence-electron chi connectivity index (χ1n) is 5.30. The highest BCUT2D eigenvalue weighted by molar-refractivity contribution is 14.0. The van der Waals surface area contributed by atoms with Crippen molar-refractivity contribution in [1.82, 2.24) is 0 Å². The number of benzene rings is 1. The van der Waals surface area contributed by atoms with Crippen LogP contribution in [0.1, 0.15) is 18.1 Å². The van der Waals surface area contributed by atoms with Gasteiger partial charge in [0.05, 0.1) is 12.6 Å². The van der Waals surface area contributed by atoms with Crippen LogP contribution in [0.5, 0.6) is 0 Å². The number of guanidine groups is 1. The maximum Gasteiger partial charge on any atom is 0.193 e. The molecule has 1 rings (SSSR count). The summed E-state index contributed by atoms with van der Waals surface area (Å²) in [5.41, 5.74) is 8.95. The quantitative estimate of drug-likeness (QED) is 0.444. The van der Waals surface area contributed by atoms with Crippen LogP contribution in [0.3, 0.4) is 0 Å². The van der Waals surface area contributed by atoms with Crippen molar-refractivity contribution >= 4 is 35.6 Å². The lowest BCUT2D eigenvalue weighted by molar-refractivity contribution is 0.204. The van der Waals surface area contributed by atoms with Gasteiger partial charge in [-0.05, 0) is 44.0 Å². The SMILES string of the molecule is Cc1cc(C)cc(NC(N)=NCC(C)O)c1.I. The monoisotopic (exact) mass is 349 g/mol. The van der Waals surface area contributed by atoms with Crippen LogP contribution in [0.15, 0.2) is 23.2 Å². The largest absolute Gasteiger partial charge is 0.391 e. The highest BCUT2D eigenvalue weighted by atomic mass is 127. The third-order valence-electron chi connectivity index (χ3n) is 2.02. The molecule has 1 atom stereocenters. The number of hydrogen-bond acceptors (Lipinski definition) is 2. The molecular weight excluding hydrogens is 329 g/mol. The Morgan fingerprint density at radius 3 is 2.35 bits per heavy atom. The first-order chi connectivity index (χ1) is 7.47. The van der Waals surface area contributed by atoms with E-state index in [1.807, 2.05) is 26.0 Å². The van der Waals surface area contributed by atoms with Crippen molar-refractivity contribution in [1.29, 1.82) is 0 Å². The molecule has 1 unspecified atom stereocenters. The fraction of sp³-hybridized carbons (Fsp3) is 0.417. The Balaban J connectivity index is 0.00000256. The van der Waals surface area contributed by atoms with Crippen LogP contribution in [0, 0.1) is 13.8 Å². The maximum atomic E-state index is 9.07. The molecule has 0 aliphatic carbocycles. The Bertz CT molecular complexity index is 371. The van der Waals surface area contributed by atoms with Gasteiger partial charge < -0.3 is 16.2 Å². The number of aliphatic hydroxyl groups excluding tert-OH is 1. The zero-order chi connectivity index (χ0) is 12.1. The second kappa shape index (κ2) is 7.50. The zero-order valence-electron chi connectivity index (χ0n) is 10.4. The van der Waals surface area contributed by atoms with Crippen molar-refractivity contribution in [2.24, 2.45) is 10.7 Å². The number of aryl methyl sites for hydroxylation is 2. The molecule has 0 aromatic heterocycles. The summed E-state index contributed by atoms with van der Waals surface area (Å²) in [6.07, 6.45) is -0.473. The summed E-state index contributed by atoms with van der Waals surface area (Å²) >= 11 is 0. The van der Waals surface area contributed by atoms with Crippen molar-refractivity contribution < 1.29 is 5.11 Å². The molecule has 96 valence electrons. The summed E-state index contributed by atoms with van der Waals surface area (Å²) < 4.78 is 0. The molecule has 1 aromatic rings.